The van der Waals surface area contributed by atoms with Gasteiger partial charge in [0.15, 0.2) is 0 Å². The first-order chi connectivity index (χ1) is 7.79. The Morgan fingerprint density at radius 2 is 1.71 bits per heavy atom. The van der Waals surface area contributed by atoms with E-state index in [0.717, 1.165) is 5.56 Å². The van der Waals surface area contributed by atoms with Crippen molar-refractivity contribution in [3.63, 3.8) is 0 Å². The molecule has 17 heavy (non-hydrogen) atoms. The van der Waals surface area contributed by atoms with E-state index in [1.54, 1.807) is 12.4 Å². The summed E-state index contributed by atoms with van der Waals surface area (Å²) >= 11 is 0. The highest BCUT2D eigenvalue weighted by atomic mass is 16.3. The molecule has 0 radical (unpaired) electrons. The monoisotopic (exact) mass is 232 g/mol. The zero-order valence-corrected chi connectivity index (χ0v) is 11.2. The van der Waals surface area contributed by atoms with Crippen LogP contribution in [-0.2, 0) is 0 Å². The van der Waals surface area contributed by atoms with Gasteiger partial charge in [0.05, 0.1) is 6.10 Å². The van der Waals surface area contributed by atoms with Crippen molar-refractivity contribution in [3.8, 4) is 11.8 Å². The van der Waals surface area contributed by atoms with Crippen LogP contribution >= 0.6 is 0 Å². The minimum Gasteiger partial charge on any atom is -0.388 e. The number of hydrogen-bond donors (Lipinski definition) is 1. The molecule has 1 atom stereocenters. The number of aliphatic hydroxyl groups is 1. The molecule has 1 aromatic rings. The number of aliphatic hydroxyl groups excluding tert-OH is 1. The molecule has 1 rings (SSSR count). The summed E-state index contributed by atoms with van der Waals surface area (Å²) < 4.78 is 0. The summed E-state index contributed by atoms with van der Waals surface area (Å²) in [5.41, 5.74) is 0.681. The standard InChI is InChI=1S/C14H20N2O/c1-10(2)13(17)11-8-15-12(16-9-11)6-7-14(3,4)5/h8-10,13,17H,1-5H3. The Hall–Kier alpha value is -1.40. The fourth-order valence-electron chi connectivity index (χ4n) is 1.18. The summed E-state index contributed by atoms with van der Waals surface area (Å²) in [6.45, 7) is 10.0. The predicted octanol–water partition coefficient (Wildman–Crippen LogP) is 2.56. The SMILES string of the molecule is CC(C)C(O)c1cnc(C#CC(C)(C)C)nc1. The van der Waals surface area contributed by atoms with Crippen LogP contribution in [0.5, 0.6) is 0 Å². The van der Waals surface area contributed by atoms with Gasteiger partial charge in [-0.1, -0.05) is 19.8 Å². The van der Waals surface area contributed by atoms with Crippen molar-refractivity contribution >= 4 is 0 Å². The Morgan fingerprint density at radius 1 is 1.18 bits per heavy atom. The minimum atomic E-state index is -0.514. The molecule has 0 saturated carbocycles. The van der Waals surface area contributed by atoms with E-state index in [0.29, 0.717) is 5.82 Å². The maximum absolute atomic E-state index is 9.83. The smallest absolute Gasteiger partial charge is 0.204 e. The average molecular weight is 232 g/mol. The molecule has 3 nitrogen and oxygen atoms in total. The molecule has 1 heterocycles. The maximum Gasteiger partial charge on any atom is 0.204 e. The van der Waals surface area contributed by atoms with Gasteiger partial charge >= 0.3 is 0 Å². The first kappa shape index (κ1) is 13.7. The fraction of sp³-hybridized carbons (Fsp3) is 0.571. The van der Waals surface area contributed by atoms with Crippen LogP contribution in [0.25, 0.3) is 0 Å². The van der Waals surface area contributed by atoms with Gasteiger partial charge < -0.3 is 5.11 Å². The van der Waals surface area contributed by atoms with E-state index in [-0.39, 0.29) is 11.3 Å². The lowest BCUT2D eigenvalue weighted by Crippen LogP contribution is -2.07. The molecule has 0 saturated heterocycles. The lowest BCUT2D eigenvalue weighted by molar-refractivity contribution is 0.126. The summed E-state index contributed by atoms with van der Waals surface area (Å²) in [7, 11) is 0. The van der Waals surface area contributed by atoms with Crippen LogP contribution in [0.2, 0.25) is 0 Å². The van der Waals surface area contributed by atoms with Crippen molar-refractivity contribution < 1.29 is 5.11 Å². The highest BCUT2D eigenvalue weighted by Crippen LogP contribution is 2.19. The van der Waals surface area contributed by atoms with E-state index < -0.39 is 6.10 Å². The summed E-state index contributed by atoms with van der Waals surface area (Å²) in [6.07, 6.45) is 2.77. The summed E-state index contributed by atoms with van der Waals surface area (Å²) in [4.78, 5) is 8.28. The molecule has 92 valence electrons. The van der Waals surface area contributed by atoms with Gasteiger partial charge in [0, 0.05) is 23.4 Å². The van der Waals surface area contributed by atoms with Crippen molar-refractivity contribution in [2.75, 3.05) is 0 Å². The first-order valence-electron chi connectivity index (χ1n) is 5.83. The zero-order valence-electron chi connectivity index (χ0n) is 11.2. The zero-order chi connectivity index (χ0) is 13.1. The minimum absolute atomic E-state index is 0.0561. The predicted molar refractivity (Wildman–Crippen MR) is 68.2 cm³/mol. The Kier molecular flexibility index (Phi) is 4.25. The van der Waals surface area contributed by atoms with E-state index >= 15 is 0 Å². The number of nitrogens with zero attached hydrogens (tertiary/aromatic N) is 2. The van der Waals surface area contributed by atoms with Gasteiger partial charge in [-0.2, -0.15) is 0 Å². The van der Waals surface area contributed by atoms with Gasteiger partial charge in [-0.25, -0.2) is 9.97 Å². The van der Waals surface area contributed by atoms with Crippen LogP contribution in [0.4, 0.5) is 0 Å². The second-order valence-corrected chi connectivity index (χ2v) is 5.53. The van der Waals surface area contributed by atoms with Crippen LogP contribution in [0.3, 0.4) is 0 Å². The lowest BCUT2D eigenvalue weighted by Gasteiger charge is -2.13. The molecular formula is C14H20N2O. The van der Waals surface area contributed by atoms with Gasteiger partial charge in [0.25, 0.3) is 0 Å². The maximum atomic E-state index is 9.83. The van der Waals surface area contributed by atoms with Gasteiger partial charge in [0.2, 0.25) is 5.82 Å². The molecule has 0 aliphatic heterocycles. The molecule has 0 fully saturated rings. The second-order valence-electron chi connectivity index (χ2n) is 5.53. The third-order valence-electron chi connectivity index (χ3n) is 2.19. The average Bonchev–Trinajstić information content (AvgIpc) is 2.25. The molecule has 0 aromatic carbocycles. The Morgan fingerprint density at radius 3 is 2.12 bits per heavy atom. The molecule has 0 aliphatic carbocycles. The molecule has 3 heteroatoms. The number of hydrogen-bond acceptors (Lipinski definition) is 3. The van der Waals surface area contributed by atoms with Crippen LogP contribution < -0.4 is 0 Å². The van der Waals surface area contributed by atoms with Crippen molar-refractivity contribution in [2.45, 2.75) is 40.7 Å². The molecule has 0 spiro atoms. The quantitative estimate of drug-likeness (QED) is 0.797. The Bertz CT molecular complexity index is 418. The van der Waals surface area contributed by atoms with Gasteiger partial charge in [0.1, 0.15) is 0 Å². The number of rotatable bonds is 2. The van der Waals surface area contributed by atoms with Crippen molar-refractivity contribution in [3.05, 3.63) is 23.8 Å². The normalized spacial score (nSPS) is 13.1. The highest BCUT2D eigenvalue weighted by molar-refractivity contribution is 5.24. The van der Waals surface area contributed by atoms with Crippen molar-refractivity contribution in [2.24, 2.45) is 11.3 Å². The topological polar surface area (TPSA) is 46.0 Å². The van der Waals surface area contributed by atoms with Crippen LogP contribution in [-0.4, -0.2) is 15.1 Å². The van der Waals surface area contributed by atoms with Crippen LogP contribution in [0.15, 0.2) is 12.4 Å². The van der Waals surface area contributed by atoms with Gasteiger partial charge in [-0.15, -0.1) is 0 Å². The summed E-state index contributed by atoms with van der Waals surface area (Å²) in [5.74, 6) is 6.66. The van der Waals surface area contributed by atoms with Crippen LogP contribution in [0.1, 0.15) is 52.1 Å². The highest BCUT2D eigenvalue weighted by Gasteiger charge is 2.12. The van der Waals surface area contributed by atoms with Crippen LogP contribution in [0, 0.1) is 23.2 Å². The van der Waals surface area contributed by atoms with E-state index in [9.17, 15) is 5.11 Å². The second kappa shape index (κ2) is 5.29. The van der Waals surface area contributed by atoms with E-state index in [4.69, 9.17) is 0 Å². The van der Waals surface area contributed by atoms with Gasteiger partial charge in [-0.3, -0.25) is 0 Å². The largest absolute Gasteiger partial charge is 0.388 e. The van der Waals surface area contributed by atoms with E-state index in [1.165, 1.54) is 0 Å². The third kappa shape index (κ3) is 4.54. The molecule has 1 N–H and O–H groups in total. The Balaban J connectivity index is 2.84. The molecule has 1 aromatic heterocycles. The summed E-state index contributed by atoms with van der Waals surface area (Å²) in [5, 5.41) is 9.83. The van der Waals surface area contributed by atoms with Crippen molar-refractivity contribution in [1.82, 2.24) is 9.97 Å². The molecule has 0 bridgehead atoms. The third-order valence-corrected chi connectivity index (χ3v) is 2.19. The Labute approximate surface area is 103 Å². The van der Waals surface area contributed by atoms with E-state index in [1.807, 2.05) is 34.6 Å². The molecule has 0 amide bonds. The molecule has 1 unspecified atom stereocenters. The lowest BCUT2D eigenvalue weighted by atomic mass is 9.98. The van der Waals surface area contributed by atoms with Crippen molar-refractivity contribution in [1.29, 1.82) is 0 Å². The summed E-state index contributed by atoms with van der Waals surface area (Å²) in [6, 6.07) is 0. The number of aromatic nitrogens is 2. The molecular weight excluding hydrogens is 212 g/mol. The molecule has 0 aliphatic rings. The fourth-order valence-corrected chi connectivity index (χ4v) is 1.18. The first-order valence-corrected chi connectivity index (χ1v) is 5.83. The van der Waals surface area contributed by atoms with Gasteiger partial charge in [-0.05, 0) is 32.6 Å². The van der Waals surface area contributed by atoms with E-state index in [2.05, 4.69) is 21.8 Å².